The smallest absolute Gasteiger partial charge is 0.162 e. The van der Waals surface area contributed by atoms with E-state index in [0.717, 1.165) is 31.3 Å². The summed E-state index contributed by atoms with van der Waals surface area (Å²) in [7, 11) is 0. The van der Waals surface area contributed by atoms with Crippen LogP contribution in [0.2, 0.25) is 0 Å². The van der Waals surface area contributed by atoms with Gasteiger partial charge in [-0.05, 0) is 57.9 Å². The topological polar surface area (TPSA) is 49.7 Å². The molecule has 0 aromatic heterocycles. The highest BCUT2D eigenvalue weighted by Gasteiger charge is 2.37. The van der Waals surface area contributed by atoms with Gasteiger partial charge in [0.2, 0.25) is 0 Å². The van der Waals surface area contributed by atoms with Crippen LogP contribution < -0.4 is 0 Å². The van der Waals surface area contributed by atoms with Gasteiger partial charge in [-0.3, -0.25) is 0 Å². The quantitative estimate of drug-likeness (QED) is 0.759. The standard InChI is InChI=1S/C20H30O3/c1-14-7-5-8-15(2)18-17(11-10-14)16(13-23-19(18)21)9-6-12-20(3,4)22/h6-7,9,12,17-19,21-22H,2,5,8,10-11,13H2,1,3-4H3/b12-6+,14-7+,16-9+/t17-,18+,19+/m1/s1. The first kappa shape index (κ1) is 18.2. The van der Waals surface area contributed by atoms with Crippen LogP contribution in [-0.4, -0.2) is 28.7 Å². The highest BCUT2D eigenvalue weighted by atomic mass is 16.6. The fourth-order valence-corrected chi connectivity index (χ4v) is 3.41. The molecule has 0 bridgehead atoms. The Labute approximate surface area is 140 Å². The Morgan fingerprint density at radius 2 is 2.09 bits per heavy atom. The zero-order chi connectivity index (χ0) is 17.0. The maximum Gasteiger partial charge on any atom is 0.162 e. The summed E-state index contributed by atoms with van der Waals surface area (Å²) in [5.74, 6) is 0.212. The zero-order valence-corrected chi connectivity index (χ0v) is 14.6. The minimum Gasteiger partial charge on any atom is -0.386 e. The minimum absolute atomic E-state index is 0.0372. The summed E-state index contributed by atoms with van der Waals surface area (Å²) in [5, 5.41) is 20.1. The van der Waals surface area contributed by atoms with Gasteiger partial charge < -0.3 is 14.9 Å². The average molecular weight is 318 g/mol. The lowest BCUT2D eigenvalue weighted by Gasteiger charge is -2.38. The van der Waals surface area contributed by atoms with E-state index in [0.29, 0.717) is 6.61 Å². The Hall–Kier alpha value is -1.16. The molecule has 0 aromatic rings. The summed E-state index contributed by atoms with van der Waals surface area (Å²) < 4.78 is 5.59. The van der Waals surface area contributed by atoms with E-state index in [2.05, 4.69) is 19.6 Å². The van der Waals surface area contributed by atoms with Crippen LogP contribution in [0.4, 0.5) is 0 Å². The van der Waals surface area contributed by atoms with Gasteiger partial charge in [0.05, 0.1) is 12.2 Å². The van der Waals surface area contributed by atoms with Crippen molar-refractivity contribution >= 4 is 0 Å². The van der Waals surface area contributed by atoms with Gasteiger partial charge in [0.15, 0.2) is 6.29 Å². The van der Waals surface area contributed by atoms with Gasteiger partial charge in [-0.1, -0.05) is 42.0 Å². The zero-order valence-electron chi connectivity index (χ0n) is 14.6. The van der Waals surface area contributed by atoms with Gasteiger partial charge >= 0.3 is 0 Å². The fourth-order valence-electron chi connectivity index (χ4n) is 3.41. The van der Waals surface area contributed by atoms with Crippen molar-refractivity contribution in [2.75, 3.05) is 6.61 Å². The second-order valence-electron chi connectivity index (χ2n) is 7.37. The first-order chi connectivity index (χ1) is 10.8. The Balaban J connectivity index is 2.26. The Morgan fingerprint density at radius 3 is 2.78 bits per heavy atom. The summed E-state index contributed by atoms with van der Waals surface area (Å²) in [6, 6.07) is 0. The van der Waals surface area contributed by atoms with Crippen molar-refractivity contribution in [1.82, 2.24) is 0 Å². The Morgan fingerprint density at radius 1 is 1.35 bits per heavy atom. The number of ether oxygens (including phenoxy) is 1. The van der Waals surface area contributed by atoms with E-state index in [9.17, 15) is 10.2 Å². The van der Waals surface area contributed by atoms with E-state index in [1.165, 1.54) is 11.1 Å². The molecule has 3 atom stereocenters. The number of hydrogen-bond acceptors (Lipinski definition) is 3. The molecule has 2 rings (SSSR count). The Kier molecular flexibility index (Phi) is 6.01. The SMILES string of the molecule is C=C1CC/C=C(\C)CC[C@@H]2/C(=C/C=C/C(C)(C)O)CO[C@H](O)[C@@H]12. The third kappa shape index (κ3) is 5.17. The second kappa shape index (κ2) is 7.61. The molecule has 1 heterocycles. The molecule has 0 saturated carbocycles. The van der Waals surface area contributed by atoms with Gasteiger partial charge in [0, 0.05) is 5.92 Å². The summed E-state index contributed by atoms with van der Waals surface area (Å²) in [6.07, 6.45) is 11.1. The van der Waals surface area contributed by atoms with Crippen LogP contribution in [0.15, 0.2) is 47.6 Å². The van der Waals surface area contributed by atoms with E-state index >= 15 is 0 Å². The van der Waals surface area contributed by atoms with Crippen molar-refractivity contribution in [1.29, 1.82) is 0 Å². The van der Waals surface area contributed by atoms with E-state index in [4.69, 9.17) is 4.74 Å². The maximum atomic E-state index is 10.3. The van der Waals surface area contributed by atoms with E-state index in [-0.39, 0.29) is 11.8 Å². The van der Waals surface area contributed by atoms with E-state index in [1.807, 2.05) is 12.2 Å². The molecule has 0 aromatic carbocycles. The lowest BCUT2D eigenvalue weighted by Crippen LogP contribution is -2.39. The monoisotopic (exact) mass is 318 g/mol. The number of rotatable bonds is 2. The predicted molar refractivity (Wildman–Crippen MR) is 93.8 cm³/mol. The van der Waals surface area contributed by atoms with Crippen molar-refractivity contribution in [3.05, 3.63) is 47.6 Å². The molecule has 3 heteroatoms. The van der Waals surface area contributed by atoms with Crippen LogP contribution in [-0.2, 0) is 4.74 Å². The van der Waals surface area contributed by atoms with E-state index < -0.39 is 11.9 Å². The molecule has 1 fully saturated rings. The molecule has 2 N–H and O–H groups in total. The van der Waals surface area contributed by atoms with Crippen LogP contribution in [0.5, 0.6) is 0 Å². The molecule has 1 aliphatic heterocycles. The van der Waals surface area contributed by atoms with Crippen LogP contribution in [0, 0.1) is 11.8 Å². The molecule has 0 unspecified atom stereocenters. The van der Waals surface area contributed by atoms with Crippen molar-refractivity contribution in [3.8, 4) is 0 Å². The molecule has 128 valence electrons. The van der Waals surface area contributed by atoms with Gasteiger partial charge in [-0.15, -0.1) is 0 Å². The average Bonchev–Trinajstić information content (AvgIpc) is 2.51. The van der Waals surface area contributed by atoms with Crippen molar-refractivity contribution < 1.29 is 14.9 Å². The first-order valence-corrected chi connectivity index (χ1v) is 8.51. The summed E-state index contributed by atoms with van der Waals surface area (Å²) >= 11 is 0. The number of aliphatic hydroxyl groups excluding tert-OH is 1. The van der Waals surface area contributed by atoms with Gasteiger partial charge in [-0.25, -0.2) is 0 Å². The molecular weight excluding hydrogens is 288 g/mol. The predicted octanol–water partition coefficient (Wildman–Crippen LogP) is 3.90. The van der Waals surface area contributed by atoms with Crippen LogP contribution in [0.25, 0.3) is 0 Å². The second-order valence-corrected chi connectivity index (χ2v) is 7.37. The largest absolute Gasteiger partial charge is 0.386 e. The van der Waals surface area contributed by atoms with Crippen LogP contribution in [0.1, 0.15) is 46.5 Å². The first-order valence-electron chi connectivity index (χ1n) is 8.51. The fraction of sp³-hybridized carbons (Fsp3) is 0.600. The molecule has 1 saturated heterocycles. The summed E-state index contributed by atoms with van der Waals surface area (Å²) in [4.78, 5) is 0. The highest BCUT2D eigenvalue weighted by molar-refractivity contribution is 5.25. The number of aliphatic hydroxyl groups is 2. The van der Waals surface area contributed by atoms with Crippen molar-refractivity contribution in [2.45, 2.75) is 58.3 Å². The van der Waals surface area contributed by atoms with Gasteiger partial charge in [0.25, 0.3) is 0 Å². The van der Waals surface area contributed by atoms with Crippen molar-refractivity contribution in [3.63, 3.8) is 0 Å². The summed E-state index contributed by atoms with van der Waals surface area (Å²) in [6.45, 7) is 10.3. The lowest BCUT2D eigenvalue weighted by molar-refractivity contribution is -0.149. The van der Waals surface area contributed by atoms with E-state index in [1.54, 1.807) is 19.9 Å². The third-order valence-corrected chi connectivity index (χ3v) is 4.73. The lowest BCUT2D eigenvalue weighted by atomic mass is 9.75. The van der Waals surface area contributed by atoms with Crippen molar-refractivity contribution in [2.24, 2.45) is 11.8 Å². The normalized spacial score (nSPS) is 34.5. The molecule has 0 radical (unpaired) electrons. The molecule has 3 nitrogen and oxygen atoms in total. The van der Waals surface area contributed by atoms with Gasteiger partial charge in [0.1, 0.15) is 0 Å². The summed E-state index contributed by atoms with van der Waals surface area (Å²) in [5.41, 5.74) is 2.83. The molecule has 1 aliphatic carbocycles. The third-order valence-electron chi connectivity index (χ3n) is 4.73. The molecule has 23 heavy (non-hydrogen) atoms. The Bertz CT molecular complexity index is 519. The molecule has 0 amide bonds. The highest BCUT2D eigenvalue weighted by Crippen LogP contribution is 2.40. The number of allylic oxidation sites excluding steroid dienone is 4. The number of fused-ring (bicyclic) bond motifs is 1. The van der Waals surface area contributed by atoms with Crippen LogP contribution in [0.3, 0.4) is 0 Å². The van der Waals surface area contributed by atoms with Crippen LogP contribution >= 0.6 is 0 Å². The minimum atomic E-state index is -0.827. The molecule has 2 aliphatic rings. The van der Waals surface area contributed by atoms with Gasteiger partial charge in [-0.2, -0.15) is 0 Å². The maximum absolute atomic E-state index is 10.3. The number of hydrogen-bond donors (Lipinski definition) is 2. The molecular formula is C20H30O3. The molecule has 0 spiro atoms.